The zero-order valence-electron chi connectivity index (χ0n) is 14.3. The molecule has 2 amide bonds. The molecule has 0 aliphatic heterocycles. The zero-order valence-corrected chi connectivity index (χ0v) is 15.9. The van der Waals surface area contributed by atoms with Gasteiger partial charge in [-0.1, -0.05) is 11.6 Å². The van der Waals surface area contributed by atoms with Crippen LogP contribution in [0.25, 0.3) is 11.5 Å². The molecular weight excluding hydrogens is 390 g/mol. The van der Waals surface area contributed by atoms with Gasteiger partial charge in [-0.3, -0.25) is 14.9 Å². The van der Waals surface area contributed by atoms with Gasteiger partial charge in [0.15, 0.2) is 17.5 Å². The third kappa shape index (κ3) is 5.57. The molecule has 3 rings (SSSR count). The van der Waals surface area contributed by atoms with E-state index in [4.69, 9.17) is 20.8 Å². The number of anilines is 1. The molecule has 2 heterocycles. The number of hydrogen-bond acceptors (Lipinski definition) is 6. The maximum atomic E-state index is 12.0. The van der Waals surface area contributed by atoms with E-state index in [2.05, 4.69) is 15.6 Å². The molecular formula is C18H16ClN3O4S. The van der Waals surface area contributed by atoms with E-state index in [0.717, 1.165) is 0 Å². The van der Waals surface area contributed by atoms with Gasteiger partial charge in [-0.2, -0.15) is 0 Å². The highest BCUT2D eigenvalue weighted by molar-refractivity contribution is 7.14. The van der Waals surface area contributed by atoms with Crippen molar-refractivity contribution in [1.29, 1.82) is 0 Å². The Hall–Kier alpha value is -2.84. The summed E-state index contributed by atoms with van der Waals surface area (Å²) in [5.41, 5.74) is 0.600. The normalized spacial score (nSPS) is 10.4. The van der Waals surface area contributed by atoms with E-state index < -0.39 is 0 Å². The molecule has 0 atom stereocenters. The van der Waals surface area contributed by atoms with Gasteiger partial charge >= 0.3 is 0 Å². The van der Waals surface area contributed by atoms with Crippen molar-refractivity contribution in [1.82, 2.24) is 10.3 Å². The van der Waals surface area contributed by atoms with Gasteiger partial charge in [0, 0.05) is 17.3 Å². The summed E-state index contributed by atoms with van der Waals surface area (Å²) in [7, 11) is 0. The van der Waals surface area contributed by atoms with E-state index in [1.807, 2.05) is 0 Å². The Morgan fingerprint density at radius 1 is 1.22 bits per heavy atom. The first-order chi connectivity index (χ1) is 13.0. The van der Waals surface area contributed by atoms with Crippen molar-refractivity contribution in [2.24, 2.45) is 0 Å². The number of ether oxygens (including phenoxy) is 1. The fourth-order valence-electron chi connectivity index (χ4n) is 2.10. The number of furan rings is 1. The molecule has 2 N–H and O–H groups in total. The van der Waals surface area contributed by atoms with Gasteiger partial charge in [0.1, 0.15) is 17.2 Å². The minimum Gasteiger partial charge on any atom is -0.484 e. The number of nitrogens with zero attached hydrogens (tertiary/aromatic N) is 1. The van der Waals surface area contributed by atoms with E-state index >= 15 is 0 Å². The van der Waals surface area contributed by atoms with Crippen LogP contribution in [0.1, 0.15) is 12.7 Å². The average molecular weight is 406 g/mol. The minimum absolute atomic E-state index is 0.132. The molecule has 0 saturated carbocycles. The van der Waals surface area contributed by atoms with E-state index in [9.17, 15) is 9.59 Å². The van der Waals surface area contributed by atoms with Crippen molar-refractivity contribution in [3.63, 3.8) is 0 Å². The summed E-state index contributed by atoms with van der Waals surface area (Å²) in [4.78, 5) is 27.3. The first-order valence-corrected chi connectivity index (χ1v) is 9.22. The molecule has 3 aromatic rings. The quantitative estimate of drug-likeness (QED) is 0.625. The highest BCUT2D eigenvalue weighted by Crippen LogP contribution is 2.26. The molecule has 27 heavy (non-hydrogen) atoms. The Labute approximate surface area is 164 Å². The number of thiazole rings is 1. The summed E-state index contributed by atoms with van der Waals surface area (Å²) < 4.78 is 11.0. The monoisotopic (exact) mass is 405 g/mol. The van der Waals surface area contributed by atoms with Gasteiger partial charge in [-0.05, 0) is 36.4 Å². The van der Waals surface area contributed by atoms with Crippen molar-refractivity contribution in [3.05, 3.63) is 52.6 Å². The largest absolute Gasteiger partial charge is 0.484 e. The first-order valence-electron chi connectivity index (χ1n) is 7.97. The molecule has 0 unspecified atom stereocenters. The van der Waals surface area contributed by atoms with Crippen LogP contribution >= 0.6 is 22.9 Å². The molecule has 0 aliphatic rings. The van der Waals surface area contributed by atoms with E-state index in [-0.39, 0.29) is 18.4 Å². The van der Waals surface area contributed by atoms with Crippen LogP contribution in [0.15, 0.2) is 46.2 Å². The lowest BCUT2D eigenvalue weighted by Crippen LogP contribution is -2.20. The van der Waals surface area contributed by atoms with E-state index in [1.54, 1.807) is 41.8 Å². The zero-order chi connectivity index (χ0) is 19.2. The Balaban J connectivity index is 1.53. The molecule has 7 nitrogen and oxygen atoms in total. The number of hydrogen-bond donors (Lipinski definition) is 2. The predicted octanol–water partition coefficient (Wildman–Crippen LogP) is 3.71. The van der Waals surface area contributed by atoms with Crippen molar-refractivity contribution in [3.8, 4) is 17.2 Å². The van der Waals surface area contributed by atoms with Gasteiger partial charge in [-0.15, -0.1) is 11.3 Å². The van der Waals surface area contributed by atoms with Gasteiger partial charge < -0.3 is 14.5 Å². The summed E-state index contributed by atoms with van der Waals surface area (Å²) in [6.07, 6.45) is 0. The first kappa shape index (κ1) is 18.9. The number of amides is 2. The predicted molar refractivity (Wildman–Crippen MR) is 103 cm³/mol. The summed E-state index contributed by atoms with van der Waals surface area (Å²) in [6.45, 7) is 1.61. The highest BCUT2D eigenvalue weighted by atomic mass is 35.5. The number of carbonyl (C=O) groups is 2. The molecule has 0 fully saturated rings. The fourth-order valence-corrected chi connectivity index (χ4v) is 2.94. The highest BCUT2D eigenvalue weighted by Gasteiger charge is 2.12. The summed E-state index contributed by atoms with van der Waals surface area (Å²) in [5, 5.41) is 8.15. The van der Waals surface area contributed by atoms with Crippen molar-refractivity contribution >= 4 is 39.9 Å². The SMILES string of the molecule is CC(=O)NCc1ccc(-c2csc(NC(=O)COc3ccc(Cl)cc3)n2)o1. The van der Waals surface area contributed by atoms with Crippen LogP contribution in [-0.2, 0) is 16.1 Å². The van der Waals surface area contributed by atoms with Crippen LogP contribution in [0.4, 0.5) is 5.13 Å². The lowest BCUT2D eigenvalue weighted by molar-refractivity contribution is -0.119. The smallest absolute Gasteiger partial charge is 0.264 e. The summed E-state index contributed by atoms with van der Waals surface area (Å²) >= 11 is 7.08. The number of aromatic nitrogens is 1. The number of halogens is 1. The molecule has 0 spiro atoms. The van der Waals surface area contributed by atoms with Crippen LogP contribution in [0.5, 0.6) is 5.75 Å². The van der Waals surface area contributed by atoms with Crippen molar-refractivity contribution in [2.45, 2.75) is 13.5 Å². The molecule has 1 aromatic carbocycles. The van der Waals surface area contributed by atoms with E-state index in [0.29, 0.717) is 39.7 Å². The Morgan fingerprint density at radius 3 is 2.74 bits per heavy atom. The number of benzene rings is 1. The Bertz CT molecular complexity index is 936. The van der Waals surface area contributed by atoms with Gasteiger partial charge in [-0.25, -0.2) is 4.98 Å². The number of carbonyl (C=O) groups excluding carboxylic acids is 2. The third-order valence-corrected chi connectivity index (χ3v) is 4.37. The topological polar surface area (TPSA) is 93.5 Å². The number of nitrogens with one attached hydrogen (secondary N) is 2. The number of rotatable bonds is 7. The Kier molecular flexibility index (Phi) is 6.10. The lowest BCUT2D eigenvalue weighted by atomic mass is 10.3. The van der Waals surface area contributed by atoms with Crippen molar-refractivity contribution in [2.75, 3.05) is 11.9 Å². The molecule has 0 aliphatic carbocycles. The maximum Gasteiger partial charge on any atom is 0.264 e. The van der Waals surface area contributed by atoms with Crippen LogP contribution in [0.3, 0.4) is 0 Å². The minimum atomic E-state index is -0.323. The van der Waals surface area contributed by atoms with Crippen LogP contribution < -0.4 is 15.4 Å². The van der Waals surface area contributed by atoms with Gasteiger partial charge in [0.2, 0.25) is 5.91 Å². The van der Waals surface area contributed by atoms with Gasteiger partial charge in [0.25, 0.3) is 5.91 Å². The Morgan fingerprint density at radius 2 is 2.00 bits per heavy atom. The second-order valence-electron chi connectivity index (χ2n) is 5.50. The standard InChI is InChI=1S/C18H16ClN3O4S/c1-11(23)20-8-14-6-7-16(26-14)15-10-27-18(21-15)22-17(24)9-25-13-4-2-12(19)3-5-13/h2-7,10H,8-9H2,1H3,(H,20,23)(H,21,22,24). The summed E-state index contributed by atoms with van der Waals surface area (Å²) in [6, 6.07) is 10.3. The molecule has 0 bridgehead atoms. The average Bonchev–Trinajstić information content (AvgIpc) is 3.28. The lowest BCUT2D eigenvalue weighted by Gasteiger charge is -2.05. The molecule has 0 radical (unpaired) electrons. The van der Waals surface area contributed by atoms with Crippen molar-refractivity contribution < 1.29 is 18.7 Å². The molecule has 9 heteroatoms. The third-order valence-electron chi connectivity index (χ3n) is 3.36. The van der Waals surface area contributed by atoms with E-state index in [1.165, 1.54) is 18.3 Å². The maximum absolute atomic E-state index is 12.0. The van der Waals surface area contributed by atoms with Crippen LogP contribution in [0.2, 0.25) is 5.02 Å². The van der Waals surface area contributed by atoms with Crippen LogP contribution in [0, 0.1) is 0 Å². The second kappa shape index (κ2) is 8.70. The molecule has 140 valence electrons. The summed E-state index contributed by atoms with van der Waals surface area (Å²) in [5.74, 6) is 1.28. The van der Waals surface area contributed by atoms with Crippen LogP contribution in [-0.4, -0.2) is 23.4 Å². The molecule has 2 aromatic heterocycles. The second-order valence-corrected chi connectivity index (χ2v) is 6.80. The fraction of sp³-hybridized carbons (Fsp3) is 0.167. The molecule has 0 saturated heterocycles. The van der Waals surface area contributed by atoms with Gasteiger partial charge in [0.05, 0.1) is 6.54 Å².